The molecule has 13 heteroatoms. The lowest BCUT2D eigenvalue weighted by atomic mass is 10.0. The number of carbonyl (C=O) groups excluding carboxylic acids is 2. The Labute approximate surface area is 288 Å². The SMILES string of the molecule is COc1cc(-c2cc(C)c(=O)n(C)c2)ccc1C(=O)N1CCC(OC2CCN(C(=O)c3ccc(OC)c(-n4ccc(=O)[nH]c4=O)c3)CC2)CC1. The predicted molar refractivity (Wildman–Crippen MR) is 187 cm³/mol. The number of methoxy groups -OCH3 is 2. The normalized spacial score (nSPS) is 15.6. The van der Waals surface area contributed by atoms with Crippen molar-refractivity contribution in [2.24, 2.45) is 7.05 Å². The van der Waals surface area contributed by atoms with Crippen molar-refractivity contribution < 1.29 is 23.8 Å². The van der Waals surface area contributed by atoms with Gasteiger partial charge in [0.2, 0.25) is 0 Å². The van der Waals surface area contributed by atoms with Crippen molar-refractivity contribution in [2.75, 3.05) is 40.4 Å². The first-order valence-corrected chi connectivity index (χ1v) is 16.7. The highest BCUT2D eigenvalue weighted by Gasteiger charge is 2.30. The Morgan fingerprint density at radius 3 is 2.00 bits per heavy atom. The topological polar surface area (TPSA) is 145 Å². The van der Waals surface area contributed by atoms with Crippen molar-refractivity contribution in [3.05, 3.63) is 109 Å². The zero-order chi connectivity index (χ0) is 35.5. The van der Waals surface area contributed by atoms with Gasteiger partial charge in [-0.3, -0.25) is 28.7 Å². The highest BCUT2D eigenvalue weighted by molar-refractivity contribution is 5.98. The maximum Gasteiger partial charge on any atom is 0.333 e. The van der Waals surface area contributed by atoms with E-state index >= 15 is 0 Å². The Morgan fingerprint density at radius 2 is 1.40 bits per heavy atom. The Kier molecular flexibility index (Phi) is 10.0. The molecule has 262 valence electrons. The van der Waals surface area contributed by atoms with Crippen molar-refractivity contribution in [1.29, 1.82) is 0 Å². The number of hydrogen-bond donors (Lipinski definition) is 1. The van der Waals surface area contributed by atoms with Crippen molar-refractivity contribution in [2.45, 2.75) is 44.8 Å². The molecule has 0 spiro atoms. The van der Waals surface area contributed by atoms with Crippen molar-refractivity contribution in [3.63, 3.8) is 0 Å². The minimum atomic E-state index is -0.628. The first kappa shape index (κ1) is 34.4. The fourth-order valence-corrected chi connectivity index (χ4v) is 6.72. The summed E-state index contributed by atoms with van der Waals surface area (Å²) in [5.41, 5.74) is 2.42. The monoisotopic (exact) mass is 683 g/mol. The van der Waals surface area contributed by atoms with Gasteiger partial charge in [0.05, 0.1) is 37.7 Å². The van der Waals surface area contributed by atoms with Crippen molar-refractivity contribution >= 4 is 11.8 Å². The number of aromatic nitrogens is 3. The molecule has 0 unspecified atom stereocenters. The fourth-order valence-electron chi connectivity index (χ4n) is 6.72. The molecule has 0 radical (unpaired) electrons. The van der Waals surface area contributed by atoms with E-state index in [-0.39, 0.29) is 29.6 Å². The first-order chi connectivity index (χ1) is 24.1. The third kappa shape index (κ3) is 7.13. The average Bonchev–Trinajstić information content (AvgIpc) is 3.13. The van der Waals surface area contributed by atoms with E-state index < -0.39 is 11.2 Å². The summed E-state index contributed by atoms with van der Waals surface area (Å²) in [6, 6.07) is 13.5. The smallest absolute Gasteiger partial charge is 0.333 e. The molecule has 4 aromatic rings. The molecule has 6 rings (SSSR count). The number of carbonyl (C=O) groups is 2. The van der Waals surface area contributed by atoms with Crippen molar-refractivity contribution in [1.82, 2.24) is 23.9 Å². The van der Waals surface area contributed by atoms with Gasteiger partial charge in [-0.1, -0.05) is 6.07 Å². The van der Waals surface area contributed by atoms with Crippen LogP contribution in [-0.2, 0) is 11.8 Å². The number of piperidine rings is 2. The van der Waals surface area contributed by atoms with Gasteiger partial charge in [0, 0.05) is 62.8 Å². The Bertz CT molecular complexity index is 2060. The third-order valence-electron chi connectivity index (χ3n) is 9.48. The number of hydrogen-bond acceptors (Lipinski definition) is 8. The maximum absolute atomic E-state index is 13.5. The lowest BCUT2D eigenvalue weighted by Gasteiger charge is -2.37. The van der Waals surface area contributed by atoms with E-state index in [4.69, 9.17) is 14.2 Å². The van der Waals surface area contributed by atoms with Gasteiger partial charge in [-0.25, -0.2) is 4.79 Å². The molecule has 0 aliphatic carbocycles. The molecule has 2 aromatic carbocycles. The highest BCUT2D eigenvalue weighted by Crippen LogP contribution is 2.30. The van der Waals surface area contributed by atoms with Gasteiger partial charge in [0.1, 0.15) is 11.5 Å². The largest absolute Gasteiger partial charge is 0.496 e. The van der Waals surface area contributed by atoms with E-state index in [1.54, 1.807) is 61.0 Å². The molecule has 2 saturated heterocycles. The van der Waals surface area contributed by atoms with E-state index in [0.717, 1.165) is 11.1 Å². The van der Waals surface area contributed by atoms with Crippen LogP contribution in [0.5, 0.6) is 11.5 Å². The molecule has 2 amide bonds. The molecule has 2 aromatic heterocycles. The van der Waals surface area contributed by atoms with Gasteiger partial charge in [-0.2, -0.15) is 0 Å². The predicted octanol–water partition coefficient (Wildman–Crippen LogP) is 3.14. The van der Waals surface area contributed by atoms with Crippen LogP contribution in [-0.4, -0.2) is 88.3 Å². The van der Waals surface area contributed by atoms with Gasteiger partial charge in [-0.15, -0.1) is 0 Å². The van der Waals surface area contributed by atoms with E-state index in [2.05, 4.69) is 4.98 Å². The minimum absolute atomic E-state index is 0.00575. The molecule has 2 fully saturated rings. The third-order valence-corrected chi connectivity index (χ3v) is 9.48. The summed E-state index contributed by atoms with van der Waals surface area (Å²) in [6.07, 6.45) is 5.94. The van der Waals surface area contributed by atoms with Crippen LogP contribution in [0.4, 0.5) is 0 Å². The van der Waals surface area contributed by atoms with Gasteiger partial charge >= 0.3 is 5.69 Å². The summed E-state index contributed by atoms with van der Waals surface area (Å²) in [5.74, 6) is 0.614. The number of rotatable bonds is 8. The number of likely N-dealkylation sites (tertiary alicyclic amines) is 2. The summed E-state index contributed by atoms with van der Waals surface area (Å²) in [4.78, 5) is 68.9. The molecule has 0 saturated carbocycles. The average molecular weight is 684 g/mol. The maximum atomic E-state index is 13.5. The number of nitrogens with zero attached hydrogens (tertiary/aromatic N) is 4. The Hall–Kier alpha value is -5.43. The fraction of sp³-hybridized carbons (Fsp3) is 0.378. The summed E-state index contributed by atoms with van der Waals surface area (Å²) in [5, 5.41) is 0. The summed E-state index contributed by atoms with van der Waals surface area (Å²) in [6.45, 7) is 3.95. The number of aromatic amines is 1. The quantitative estimate of drug-likeness (QED) is 0.298. The van der Waals surface area contributed by atoms with Crippen LogP contribution in [0.2, 0.25) is 0 Å². The van der Waals surface area contributed by atoms with Crippen LogP contribution in [0, 0.1) is 6.92 Å². The van der Waals surface area contributed by atoms with Crippen LogP contribution < -0.4 is 26.3 Å². The summed E-state index contributed by atoms with van der Waals surface area (Å²) >= 11 is 0. The van der Waals surface area contributed by atoms with E-state index in [9.17, 15) is 24.0 Å². The molecule has 1 N–H and O–H groups in total. The molecule has 50 heavy (non-hydrogen) atoms. The van der Waals surface area contributed by atoms with E-state index in [1.807, 2.05) is 23.1 Å². The number of H-pyrrole nitrogens is 1. The molecule has 0 atom stereocenters. The van der Waals surface area contributed by atoms with Gasteiger partial charge in [0.25, 0.3) is 22.9 Å². The summed E-state index contributed by atoms with van der Waals surface area (Å²) < 4.78 is 20.3. The second kappa shape index (κ2) is 14.6. The van der Waals surface area contributed by atoms with Crippen LogP contribution in [0.25, 0.3) is 16.8 Å². The number of amides is 2. The number of pyridine rings is 1. The van der Waals surface area contributed by atoms with Gasteiger partial charge in [-0.05, 0) is 80.1 Å². The number of ether oxygens (including phenoxy) is 3. The lowest BCUT2D eigenvalue weighted by molar-refractivity contribution is -0.0593. The molecule has 4 heterocycles. The molecule has 0 bridgehead atoms. The van der Waals surface area contributed by atoms with Crippen LogP contribution in [0.3, 0.4) is 0 Å². The van der Waals surface area contributed by atoms with Crippen molar-refractivity contribution in [3.8, 4) is 28.3 Å². The zero-order valence-corrected chi connectivity index (χ0v) is 28.6. The number of benzene rings is 2. The first-order valence-electron chi connectivity index (χ1n) is 16.7. The molecule has 2 aliphatic rings. The van der Waals surface area contributed by atoms with Gasteiger partial charge < -0.3 is 28.6 Å². The Balaban J connectivity index is 1.02. The molecule has 2 aliphatic heterocycles. The van der Waals surface area contributed by atoms with E-state index in [0.29, 0.717) is 85.7 Å². The van der Waals surface area contributed by atoms with Crippen LogP contribution in [0.1, 0.15) is 52.0 Å². The standard InChI is InChI=1S/C37H41N5O8/c1-23-19-26(22-39(2)34(23)44)24-5-7-29(32(21-24)49-4)36(46)41-16-11-28(12-17-41)50-27-9-14-40(15-10-27)35(45)25-6-8-31(48-3)30(20-25)42-18-13-33(43)38-37(42)47/h5-8,13,18-22,27-28H,9-12,14-17H2,1-4H3,(H,38,43,47). The summed E-state index contributed by atoms with van der Waals surface area (Å²) in [7, 11) is 4.74. The molecule has 13 nitrogen and oxygen atoms in total. The number of aryl methyl sites for hydroxylation is 2. The molecular weight excluding hydrogens is 642 g/mol. The Morgan fingerprint density at radius 1 is 0.760 bits per heavy atom. The van der Waals surface area contributed by atoms with Gasteiger partial charge in [0.15, 0.2) is 0 Å². The zero-order valence-electron chi connectivity index (χ0n) is 28.6. The minimum Gasteiger partial charge on any atom is -0.496 e. The second-order valence-corrected chi connectivity index (χ2v) is 12.7. The highest BCUT2D eigenvalue weighted by atomic mass is 16.5. The van der Waals surface area contributed by atoms with Crippen LogP contribution >= 0.6 is 0 Å². The number of nitrogens with one attached hydrogen (secondary N) is 1. The van der Waals surface area contributed by atoms with Crippen LogP contribution in [0.15, 0.2) is 75.3 Å². The molecular formula is C37H41N5O8. The lowest BCUT2D eigenvalue weighted by Crippen LogP contribution is -2.45. The van der Waals surface area contributed by atoms with E-state index in [1.165, 1.54) is 23.9 Å². The second-order valence-electron chi connectivity index (χ2n) is 12.7.